The molecule has 0 aliphatic carbocycles. The molecule has 3 amide bonds. The van der Waals surface area contributed by atoms with Gasteiger partial charge in [0, 0.05) is 41.5 Å². The number of thioether (sulfide) groups is 1. The van der Waals surface area contributed by atoms with E-state index in [0.29, 0.717) is 11.4 Å². The lowest BCUT2D eigenvalue weighted by Crippen LogP contribution is -2.35. The molecule has 2 aromatic rings. The van der Waals surface area contributed by atoms with Crippen LogP contribution in [0.1, 0.15) is 25.7 Å². The largest absolute Gasteiger partial charge is 0.325 e. The Morgan fingerprint density at radius 3 is 2.03 bits per heavy atom. The molecule has 0 bridgehead atoms. The first-order valence-electron chi connectivity index (χ1n) is 9.84. The number of nitro benzene ring substituents is 1. The minimum absolute atomic E-state index is 0.0202. The number of hydrogen-bond acceptors (Lipinski definition) is 5. The first kappa shape index (κ1) is 21.6. The third-order valence-corrected chi connectivity index (χ3v) is 5.74. The lowest BCUT2D eigenvalue weighted by atomic mass is 10.2. The summed E-state index contributed by atoms with van der Waals surface area (Å²) in [6.07, 6.45) is 4.41. The van der Waals surface area contributed by atoms with E-state index in [4.69, 9.17) is 0 Å². The maximum atomic E-state index is 12.4. The molecule has 0 aromatic heterocycles. The Morgan fingerprint density at radius 2 is 1.47 bits per heavy atom. The maximum Gasteiger partial charge on any atom is 0.321 e. The topological polar surface area (TPSA) is 105 Å². The maximum absolute atomic E-state index is 12.4. The standard InChI is InChI=1S/C21H24N4O4S/c26-20(15-30-19-11-9-18(10-12-19)25(28)29)22-16-5-7-17(8-6-16)23-21(27)24-13-3-1-2-4-14-24/h5-12H,1-4,13-15H2,(H,22,26)(H,23,27). The van der Waals surface area contributed by atoms with E-state index in [2.05, 4.69) is 10.6 Å². The van der Waals surface area contributed by atoms with Gasteiger partial charge in [-0.1, -0.05) is 12.8 Å². The highest BCUT2D eigenvalue weighted by atomic mass is 32.2. The summed E-state index contributed by atoms with van der Waals surface area (Å²) in [7, 11) is 0. The van der Waals surface area contributed by atoms with Crippen molar-refractivity contribution in [2.45, 2.75) is 30.6 Å². The van der Waals surface area contributed by atoms with Gasteiger partial charge in [-0.2, -0.15) is 0 Å². The van der Waals surface area contributed by atoms with Crippen LogP contribution in [0.3, 0.4) is 0 Å². The molecule has 0 spiro atoms. The number of rotatable bonds is 6. The zero-order chi connectivity index (χ0) is 21.3. The van der Waals surface area contributed by atoms with Gasteiger partial charge in [0.1, 0.15) is 0 Å². The van der Waals surface area contributed by atoms with Gasteiger partial charge in [-0.15, -0.1) is 11.8 Å². The highest BCUT2D eigenvalue weighted by Gasteiger charge is 2.15. The van der Waals surface area contributed by atoms with Crippen molar-refractivity contribution < 1.29 is 14.5 Å². The highest BCUT2D eigenvalue weighted by molar-refractivity contribution is 8.00. The van der Waals surface area contributed by atoms with Gasteiger partial charge in [0.15, 0.2) is 0 Å². The van der Waals surface area contributed by atoms with Crippen molar-refractivity contribution in [3.05, 3.63) is 58.6 Å². The van der Waals surface area contributed by atoms with Crippen molar-refractivity contribution in [3.63, 3.8) is 0 Å². The number of anilines is 2. The summed E-state index contributed by atoms with van der Waals surface area (Å²) in [5.74, 6) is 0.00494. The molecular weight excluding hydrogens is 404 g/mol. The van der Waals surface area contributed by atoms with Crippen LogP contribution in [-0.4, -0.2) is 40.6 Å². The molecule has 1 aliphatic heterocycles. The fraction of sp³-hybridized carbons (Fsp3) is 0.333. The number of likely N-dealkylation sites (tertiary alicyclic amines) is 1. The minimum Gasteiger partial charge on any atom is -0.325 e. The molecule has 1 heterocycles. The van der Waals surface area contributed by atoms with E-state index < -0.39 is 4.92 Å². The van der Waals surface area contributed by atoms with Crippen molar-refractivity contribution in [2.75, 3.05) is 29.5 Å². The summed E-state index contributed by atoms with van der Waals surface area (Å²) in [5.41, 5.74) is 1.34. The zero-order valence-corrected chi connectivity index (χ0v) is 17.3. The average Bonchev–Trinajstić information content (AvgIpc) is 3.04. The van der Waals surface area contributed by atoms with Gasteiger partial charge in [-0.3, -0.25) is 14.9 Å². The van der Waals surface area contributed by atoms with Crippen LogP contribution in [0.4, 0.5) is 21.9 Å². The Labute approximate surface area is 179 Å². The average molecular weight is 429 g/mol. The van der Waals surface area contributed by atoms with Crippen molar-refractivity contribution in [1.82, 2.24) is 4.90 Å². The molecule has 0 radical (unpaired) electrons. The number of carbonyl (C=O) groups excluding carboxylic acids is 2. The number of non-ortho nitro benzene ring substituents is 1. The molecule has 1 saturated heterocycles. The second kappa shape index (κ2) is 10.6. The number of nitrogens with zero attached hydrogens (tertiary/aromatic N) is 2. The predicted octanol–water partition coefficient (Wildman–Crippen LogP) is 4.73. The minimum atomic E-state index is -0.457. The predicted molar refractivity (Wildman–Crippen MR) is 118 cm³/mol. The Morgan fingerprint density at radius 1 is 0.900 bits per heavy atom. The molecule has 0 saturated carbocycles. The van der Waals surface area contributed by atoms with Crippen LogP contribution < -0.4 is 10.6 Å². The van der Waals surface area contributed by atoms with E-state index in [1.807, 2.05) is 4.90 Å². The first-order chi connectivity index (χ1) is 14.5. The summed E-state index contributed by atoms with van der Waals surface area (Å²) < 4.78 is 0. The van der Waals surface area contributed by atoms with E-state index in [0.717, 1.165) is 30.8 Å². The van der Waals surface area contributed by atoms with Gasteiger partial charge in [-0.05, 0) is 49.2 Å². The number of benzene rings is 2. The molecule has 0 unspecified atom stereocenters. The van der Waals surface area contributed by atoms with Gasteiger partial charge >= 0.3 is 6.03 Å². The van der Waals surface area contributed by atoms with E-state index in [1.165, 1.54) is 36.7 Å². The molecule has 3 rings (SSSR count). The molecule has 1 aliphatic rings. The van der Waals surface area contributed by atoms with Crippen LogP contribution in [-0.2, 0) is 4.79 Å². The lowest BCUT2D eigenvalue weighted by Gasteiger charge is -2.20. The second-order valence-corrected chi connectivity index (χ2v) is 8.05. The summed E-state index contributed by atoms with van der Waals surface area (Å²) >= 11 is 1.30. The van der Waals surface area contributed by atoms with Crippen molar-refractivity contribution in [1.29, 1.82) is 0 Å². The smallest absolute Gasteiger partial charge is 0.321 e. The summed E-state index contributed by atoms with van der Waals surface area (Å²) in [4.78, 5) is 37.3. The van der Waals surface area contributed by atoms with Gasteiger partial charge in [-0.25, -0.2) is 4.79 Å². The number of nitrogens with one attached hydrogen (secondary N) is 2. The van der Waals surface area contributed by atoms with Gasteiger partial charge in [0.25, 0.3) is 5.69 Å². The number of hydrogen-bond donors (Lipinski definition) is 2. The fourth-order valence-corrected chi connectivity index (χ4v) is 3.82. The SMILES string of the molecule is O=C(CSc1ccc([N+](=O)[O-])cc1)Nc1ccc(NC(=O)N2CCCCCC2)cc1. The molecule has 9 heteroatoms. The van der Waals surface area contributed by atoms with E-state index in [9.17, 15) is 19.7 Å². The Kier molecular flexibility index (Phi) is 7.67. The van der Waals surface area contributed by atoms with E-state index in [1.54, 1.807) is 36.4 Å². The number of urea groups is 1. The van der Waals surface area contributed by atoms with Gasteiger partial charge in [0.2, 0.25) is 5.91 Å². The van der Waals surface area contributed by atoms with E-state index >= 15 is 0 Å². The van der Waals surface area contributed by atoms with Crippen LogP contribution in [0.25, 0.3) is 0 Å². The van der Waals surface area contributed by atoms with Crippen LogP contribution in [0, 0.1) is 10.1 Å². The molecule has 1 fully saturated rings. The molecule has 0 atom stereocenters. The van der Waals surface area contributed by atoms with Gasteiger partial charge in [0.05, 0.1) is 10.7 Å². The molecule has 2 N–H and O–H groups in total. The van der Waals surface area contributed by atoms with Crippen LogP contribution >= 0.6 is 11.8 Å². The fourth-order valence-electron chi connectivity index (χ4n) is 3.12. The summed E-state index contributed by atoms with van der Waals surface area (Å²) in [6, 6.07) is 13.0. The third-order valence-electron chi connectivity index (χ3n) is 4.73. The van der Waals surface area contributed by atoms with Crippen molar-refractivity contribution in [2.24, 2.45) is 0 Å². The Balaban J connectivity index is 1.45. The quantitative estimate of drug-likeness (QED) is 0.393. The second-order valence-electron chi connectivity index (χ2n) is 7.00. The number of amides is 3. The van der Waals surface area contributed by atoms with Crippen molar-refractivity contribution in [3.8, 4) is 0 Å². The van der Waals surface area contributed by atoms with Crippen LogP contribution in [0.15, 0.2) is 53.4 Å². The summed E-state index contributed by atoms with van der Waals surface area (Å²) in [6.45, 7) is 1.57. The van der Waals surface area contributed by atoms with Gasteiger partial charge < -0.3 is 15.5 Å². The number of nitro groups is 1. The molecular formula is C21H24N4O4S. The molecule has 2 aromatic carbocycles. The summed E-state index contributed by atoms with van der Waals surface area (Å²) in [5, 5.41) is 16.4. The van der Waals surface area contributed by atoms with Crippen molar-refractivity contribution >= 4 is 40.8 Å². The monoisotopic (exact) mass is 428 g/mol. The Hall–Kier alpha value is -3.07. The number of carbonyl (C=O) groups is 2. The molecule has 158 valence electrons. The van der Waals surface area contributed by atoms with Crippen LogP contribution in [0.2, 0.25) is 0 Å². The molecule has 30 heavy (non-hydrogen) atoms. The molecule has 8 nitrogen and oxygen atoms in total. The Bertz CT molecular complexity index is 879. The first-order valence-corrected chi connectivity index (χ1v) is 10.8. The third kappa shape index (κ3) is 6.48. The van der Waals surface area contributed by atoms with E-state index in [-0.39, 0.29) is 23.4 Å². The highest BCUT2D eigenvalue weighted by Crippen LogP contribution is 2.22. The van der Waals surface area contributed by atoms with Crippen LogP contribution in [0.5, 0.6) is 0 Å². The normalized spacial score (nSPS) is 13.9. The zero-order valence-electron chi connectivity index (χ0n) is 16.5. The lowest BCUT2D eigenvalue weighted by molar-refractivity contribution is -0.384.